The molecule has 0 aliphatic heterocycles. The lowest BCUT2D eigenvalue weighted by Gasteiger charge is -2.31. The summed E-state index contributed by atoms with van der Waals surface area (Å²) in [6.07, 6.45) is 0.169. The van der Waals surface area contributed by atoms with E-state index >= 15 is 0 Å². The van der Waals surface area contributed by atoms with Gasteiger partial charge in [0, 0.05) is 6.92 Å². The molecule has 1 unspecified atom stereocenters. The number of benzene rings is 1. The van der Waals surface area contributed by atoms with Gasteiger partial charge in [0.05, 0.1) is 21.1 Å². The van der Waals surface area contributed by atoms with Crippen LogP contribution < -0.4 is 28.7 Å². The molecular weight excluding hydrogens is 289 g/mol. The van der Waals surface area contributed by atoms with E-state index in [-0.39, 0.29) is 30.2 Å². The maximum absolute atomic E-state index is 5.75. The zero-order valence-electron chi connectivity index (χ0n) is 9.20. The van der Waals surface area contributed by atoms with Gasteiger partial charge in [0.2, 0.25) is 6.23 Å². The number of para-hydroxylation sites is 1. The van der Waals surface area contributed by atoms with Gasteiger partial charge in [-0.25, -0.2) is 0 Å². The highest BCUT2D eigenvalue weighted by Gasteiger charge is 2.19. The van der Waals surface area contributed by atoms with Crippen LogP contribution in [0, 0.1) is 0 Å². The molecule has 3 heteroatoms. The van der Waals surface area contributed by atoms with Crippen molar-refractivity contribution in [1.29, 1.82) is 0 Å². The van der Waals surface area contributed by atoms with Crippen LogP contribution in [-0.2, 0) is 0 Å². The van der Waals surface area contributed by atoms with E-state index in [1.165, 1.54) is 0 Å². The molecule has 0 saturated carbocycles. The third-order valence-electron chi connectivity index (χ3n) is 2.14. The van der Waals surface area contributed by atoms with Crippen LogP contribution in [0.5, 0.6) is 5.75 Å². The number of ether oxygens (including phenoxy) is 1. The van der Waals surface area contributed by atoms with Crippen LogP contribution in [0.2, 0.25) is 0 Å². The Morgan fingerprint density at radius 2 is 1.57 bits per heavy atom. The SMILES string of the molecule is CC(Oc1ccccc1)[N+](C)(C)C.[I-]. The van der Waals surface area contributed by atoms with Crippen LogP contribution in [0.3, 0.4) is 0 Å². The third-order valence-corrected chi connectivity index (χ3v) is 2.14. The van der Waals surface area contributed by atoms with Crippen molar-refractivity contribution in [3.8, 4) is 5.75 Å². The molecule has 14 heavy (non-hydrogen) atoms. The maximum atomic E-state index is 5.75. The molecule has 80 valence electrons. The number of halogens is 1. The van der Waals surface area contributed by atoms with E-state index in [9.17, 15) is 0 Å². The summed E-state index contributed by atoms with van der Waals surface area (Å²) >= 11 is 0. The number of hydrogen-bond donors (Lipinski definition) is 0. The Kier molecular flexibility index (Phi) is 5.44. The second-order valence-corrected chi connectivity index (χ2v) is 4.15. The van der Waals surface area contributed by atoms with Crippen LogP contribution in [0.1, 0.15) is 6.92 Å². The smallest absolute Gasteiger partial charge is 0.230 e. The molecule has 0 N–H and O–H groups in total. The summed E-state index contributed by atoms with van der Waals surface area (Å²) in [4.78, 5) is 0. The normalized spacial score (nSPS) is 12.9. The Balaban J connectivity index is 0.00000169. The maximum Gasteiger partial charge on any atom is 0.230 e. The largest absolute Gasteiger partial charge is 1.00 e. The summed E-state index contributed by atoms with van der Waals surface area (Å²) in [6, 6.07) is 9.91. The van der Waals surface area contributed by atoms with Crippen LogP contribution >= 0.6 is 0 Å². The van der Waals surface area contributed by atoms with E-state index in [2.05, 4.69) is 28.1 Å². The number of hydrogen-bond acceptors (Lipinski definition) is 1. The van der Waals surface area contributed by atoms with Gasteiger partial charge >= 0.3 is 0 Å². The van der Waals surface area contributed by atoms with E-state index in [0.29, 0.717) is 0 Å². The van der Waals surface area contributed by atoms with Crippen LogP contribution in [0.25, 0.3) is 0 Å². The molecule has 1 aromatic carbocycles. The molecule has 0 radical (unpaired) electrons. The van der Waals surface area contributed by atoms with E-state index in [0.717, 1.165) is 10.2 Å². The van der Waals surface area contributed by atoms with Gasteiger partial charge in [-0.3, -0.25) is 4.48 Å². The van der Waals surface area contributed by atoms with Gasteiger partial charge < -0.3 is 28.7 Å². The topological polar surface area (TPSA) is 9.23 Å². The third kappa shape index (κ3) is 4.28. The predicted molar refractivity (Wildman–Crippen MR) is 54.6 cm³/mol. The first-order chi connectivity index (χ1) is 6.00. The highest BCUT2D eigenvalue weighted by Crippen LogP contribution is 2.13. The molecular formula is C11H18INO. The zero-order valence-corrected chi connectivity index (χ0v) is 11.4. The van der Waals surface area contributed by atoms with Crippen molar-refractivity contribution in [2.45, 2.75) is 13.2 Å². The molecule has 0 aliphatic carbocycles. The van der Waals surface area contributed by atoms with E-state index in [1.54, 1.807) is 0 Å². The molecule has 1 atom stereocenters. The molecule has 0 fully saturated rings. The first kappa shape index (κ1) is 13.7. The van der Waals surface area contributed by atoms with Gasteiger partial charge in [-0.2, -0.15) is 0 Å². The highest BCUT2D eigenvalue weighted by molar-refractivity contribution is 5.20. The Bertz CT molecular complexity index is 256. The van der Waals surface area contributed by atoms with Crippen molar-refractivity contribution in [2.24, 2.45) is 0 Å². The number of nitrogens with zero attached hydrogens (tertiary/aromatic N) is 1. The molecule has 0 aromatic heterocycles. The Morgan fingerprint density at radius 1 is 1.07 bits per heavy atom. The summed E-state index contributed by atoms with van der Waals surface area (Å²) in [5.74, 6) is 0.933. The van der Waals surface area contributed by atoms with E-state index < -0.39 is 0 Å². The summed E-state index contributed by atoms with van der Waals surface area (Å²) in [6.45, 7) is 2.08. The fraction of sp³-hybridized carbons (Fsp3) is 0.455. The van der Waals surface area contributed by atoms with Gasteiger partial charge in [0.15, 0.2) is 0 Å². The first-order valence-electron chi connectivity index (χ1n) is 4.53. The minimum atomic E-state index is 0. The average molecular weight is 307 g/mol. The quantitative estimate of drug-likeness (QED) is 0.400. The summed E-state index contributed by atoms with van der Waals surface area (Å²) in [7, 11) is 6.36. The Labute approximate surface area is 103 Å². The van der Waals surface area contributed by atoms with Crippen molar-refractivity contribution in [2.75, 3.05) is 21.1 Å². The molecule has 0 amide bonds. The molecule has 0 heterocycles. The molecule has 1 aromatic rings. The van der Waals surface area contributed by atoms with Crippen molar-refractivity contribution < 1.29 is 33.2 Å². The number of quaternary nitrogens is 1. The zero-order chi connectivity index (χ0) is 9.90. The van der Waals surface area contributed by atoms with Crippen LogP contribution in [0.15, 0.2) is 30.3 Å². The molecule has 0 saturated heterocycles. The van der Waals surface area contributed by atoms with Crippen LogP contribution in [0.4, 0.5) is 0 Å². The molecule has 2 nitrogen and oxygen atoms in total. The Hall–Kier alpha value is -0.290. The standard InChI is InChI=1S/C11H18NO.HI/c1-10(12(2,3)4)13-11-8-6-5-7-9-11;/h5-10H,1-4H3;1H/q+1;/p-1. The molecule has 0 spiro atoms. The lowest BCUT2D eigenvalue weighted by Crippen LogP contribution is -3.00. The van der Waals surface area contributed by atoms with Crippen molar-refractivity contribution in [3.63, 3.8) is 0 Å². The Morgan fingerprint density at radius 3 is 2.00 bits per heavy atom. The van der Waals surface area contributed by atoms with Gasteiger partial charge in [-0.15, -0.1) is 0 Å². The molecule has 0 aliphatic rings. The molecule has 0 bridgehead atoms. The van der Waals surface area contributed by atoms with Gasteiger partial charge in [0.1, 0.15) is 5.75 Å². The average Bonchev–Trinajstić information content (AvgIpc) is 2.04. The second kappa shape index (κ2) is 5.56. The van der Waals surface area contributed by atoms with E-state index in [4.69, 9.17) is 4.74 Å². The minimum Gasteiger partial charge on any atom is -1.00 e. The highest BCUT2D eigenvalue weighted by atomic mass is 127. The van der Waals surface area contributed by atoms with Crippen molar-refractivity contribution in [1.82, 2.24) is 0 Å². The van der Waals surface area contributed by atoms with Crippen LogP contribution in [-0.4, -0.2) is 31.9 Å². The summed E-state index contributed by atoms with van der Waals surface area (Å²) in [5, 5.41) is 0. The van der Waals surface area contributed by atoms with Gasteiger partial charge in [0.25, 0.3) is 0 Å². The first-order valence-corrected chi connectivity index (χ1v) is 4.53. The fourth-order valence-corrected chi connectivity index (χ4v) is 0.854. The number of rotatable bonds is 3. The van der Waals surface area contributed by atoms with Gasteiger partial charge in [-0.1, -0.05) is 18.2 Å². The second-order valence-electron chi connectivity index (χ2n) is 4.15. The van der Waals surface area contributed by atoms with Crippen molar-refractivity contribution >= 4 is 0 Å². The predicted octanol–water partition coefficient (Wildman–Crippen LogP) is -0.878. The minimum absolute atomic E-state index is 0. The molecule has 1 rings (SSSR count). The van der Waals surface area contributed by atoms with Crippen molar-refractivity contribution in [3.05, 3.63) is 30.3 Å². The lowest BCUT2D eigenvalue weighted by molar-refractivity contribution is -0.912. The van der Waals surface area contributed by atoms with Gasteiger partial charge in [-0.05, 0) is 12.1 Å². The summed E-state index contributed by atoms with van der Waals surface area (Å²) < 4.78 is 6.55. The monoisotopic (exact) mass is 307 g/mol. The fourth-order valence-electron chi connectivity index (χ4n) is 0.854. The lowest BCUT2D eigenvalue weighted by atomic mass is 10.3. The van der Waals surface area contributed by atoms with E-state index in [1.807, 2.05) is 30.3 Å². The summed E-state index contributed by atoms with van der Waals surface area (Å²) in [5.41, 5.74) is 0.